The third kappa shape index (κ3) is 15.5. The van der Waals surface area contributed by atoms with Crippen molar-refractivity contribution in [3.8, 4) is 0 Å². The third-order valence-corrected chi connectivity index (χ3v) is 13.5. The van der Waals surface area contributed by atoms with Crippen LogP contribution in [-0.4, -0.2) is 81.0 Å². The van der Waals surface area contributed by atoms with Crippen LogP contribution in [0.3, 0.4) is 0 Å². The molecule has 0 heterocycles. The molecule has 0 fully saturated rings. The van der Waals surface area contributed by atoms with Gasteiger partial charge in [0.25, 0.3) is 0 Å². The summed E-state index contributed by atoms with van der Waals surface area (Å²) >= 11 is 0. The van der Waals surface area contributed by atoms with Gasteiger partial charge < -0.3 is 28.2 Å². The molecule has 0 aliphatic carbocycles. The van der Waals surface area contributed by atoms with Crippen LogP contribution in [-0.2, 0) is 18.0 Å². The van der Waals surface area contributed by atoms with E-state index in [1.165, 1.54) is 0 Å². The summed E-state index contributed by atoms with van der Waals surface area (Å²) in [5, 5.41) is 17.5. The predicted octanol–water partition coefficient (Wildman–Crippen LogP) is 2.97. The zero-order chi connectivity index (χ0) is 20.1. The molecule has 0 aromatic rings. The smallest absolute Gasteiger partial charge is 0.321 e. The second-order valence-corrected chi connectivity index (χ2v) is 21.6. The molecule has 0 aliphatic heterocycles. The molecule has 9 heteroatoms. The monoisotopic (exact) mass is 426 g/mol. The lowest BCUT2D eigenvalue weighted by Gasteiger charge is -2.35. The quantitative estimate of drug-likeness (QED) is 0.275. The van der Waals surface area contributed by atoms with Crippen LogP contribution in [0.25, 0.3) is 0 Å². The zero-order valence-corrected chi connectivity index (χ0v) is 20.8. The average molecular weight is 427 g/mol. The Labute approximate surface area is 163 Å². The van der Waals surface area contributed by atoms with Crippen molar-refractivity contribution in [2.24, 2.45) is 0 Å². The van der Waals surface area contributed by atoms with Gasteiger partial charge in [-0.15, -0.1) is 0 Å². The van der Waals surface area contributed by atoms with E-state index < -0.39 is 25.0 Å². The second-order valence-electron chi connectivity index (χ2n) is 8.59. The van der Waals surface area contributed by atoms with Gasteiger partial charge in [0, 0.05) is 19.4 Å². The summed E-state index contributed by atoms with van der Waals surface area (Å²) in [5.41, 5.74) is 0. The molecule has 0 spiro atoms. The molecule has 0 aliphatic rings. The summed E-state index contributed by atoms with van der Waals surface area (Å²) in [6.45, 7) is 15.9. The van der Waals surface area contributed by atoms with E-state index in [0.717, 1.165) is 31.2 Å². The average Bonchev–Trinajstić information content (AvgIpc) is 2.52. The van der Waals surface area contributed by atoms with Crippen LogP contribution in [0, 0.1) is 0 Å². The Hall–Kier alpha value is 0.411. The molecule has 0 atom stereocenters. The Kier molecular flexibility index (Phi) is 13.8. The fourth-order valence-electron chi connectivity index (χ4n) is 2.77. The molecule has 0 bridgehead atoms. The van der Waals surface area contributed by atoms with Crippen molar-refractivity contribution in [2.45, 2.75) is 64.2 Å². The van der Waals surface area contributed by atoms with Crippen LogP contribution in [0.2, 0.25) is 51.4 Å². The minimum Gasteiger partial charge on any atom is -0.436 e. The van der Waals surface area contributed by atoms with Crippen LogP contribution >= 0.6 is 0 Å². The standard InChI is InChI=1S/C17H42O6Si3/c1-24(2,15-7-11-20-13-9-18)17-22-26(5,6)23-25(3,4)16-8-12-21-14-10-19/h18-19H,7-17H2,1-6H3. The largest absolute Gasteiger partial charge is 0.436 e. The molecule has 6 nitrogen and oxygen atoms in total. The van der Waals surface area contributed by atoms with Gasteiger partial charge in [0.05, 0.1) is 34.5 Å². The fraction of sp³-hybridized carbons (Fsp3) is 1.00. The summed E-state index contributed by atoms with van der Waals surface area (Å²) in [6.07, 6.45) is 2.83. The minimum absolute atomic E-state index is 0.0817. The van der Waals surface area contributed by atoms with Crippen molar-refractivity contribution in [1.29, 1.82) is 0 Å². The minimum atomic E-state index is -2.13. The first kappa shape index (κ1) is 26.4. The molecule has 0 saturated carbocycles. The van der Waals surface area contributed by atoms with E-state index in [0.29, 0.717) is 26.4 Å². The first-order valence-electron chi connectivity index (χ1n) is 9.75. The van der Waals surface area contributed by atoms with Gasteiger partial charge in [-0.2, -0.15) is 0 Å². The summed E-state index contributed by atoms with van der Waals surface area (Å²) in [7, 11) is -5.33. The first-order chi connectivity index (χ1) is 12.0. The van der Waals surface area contributed by atoms with E-state index in [9.17, 15) is 0 Å². The molecule has 0 radical (unpaired) electrons. The molecule has 0 aromatic heterocycles. The molecule has 0 unspecified atom stereocenters. The van der Waals surface area contributed by atoms with Crippen LogP contribution in [0.1, 0.15) is 12.8 Å². The topological polar surface area (TPSA) is 77.4 Å². The molecular weight excluding hydrogens is 384 g/mol. The highest BCUT2D eigenvalue weighted by molar-refractivity contribution is 6.83. The maximum atomic E-state index is 8.73. The Balaban J connectivity index is 4.15. The first-order valence-corrected chi connectivity index (χ1v) is 19.1. The lowest BCUT2D eigenvalue weighted by Crippen LogP contribution is -2.49. The van der Waals surface area contributed by atoms with Crippen molar-refractivity contribution in [1.82, 2.24) is 0 Å². The van der Waals surface area contributed by atoms with Crippen molar-refractivity contribution in [3.05, 3.63) is 0 Å². The number of aliphatic hydroxyl groups excluding tert-OH is 2. The van der Waals surface area contributed by atoms with E-state index in [2.05, 4.69) is 39.3 Å². The molecule has 158 valence electrons. The highest BCUT2D eigenvalue weighted by Crippen LogP contribution is 2.23. The van der Waals surface area contributed by atoms with Gasteiger partial charge in [0.1, 0.15) is 0 Å². The molecule has 0 rings (SSSR count). The number of hydrogen-bond acceptors (Lipinski definition) is 6. The Bertz CT molecular complexity index is 353. The second kappa shape index (κ2) is 13.6. The van der Waals surface area contributed by atoms with E-state index in [1.54, 1.807) is 0 Å². The van der Waals surface area contributed by atoms with Gasteiger partial charge >= 0.3 is 8.56 Å². The summed E-state index contributed by atoms with van der Waals surface area (Å²) < 4.78 is 23.5. The van der Waals surface area contributed by atoms with Crippen LogP contribution in [0.15, 0.2) is 0 Å². The van der Waals surface area contributed by atoms with Gasteiger partial charge in [-0.05, 0) is 45.1 Å². The lowest BCUT2D eigenvalue weighted by atomic mass is 10.5. The van der Waals surface area contributed by atoms with E-state index in [-0.39, 0.29) is 13.2 Å². The van der Waals surface area contributed by atoms with Gasteiger partial charge in [-0.25, -0.2) is 0 Å². The van der Waals surface area contributed by atoms with E-state index in [4.69, 9.17) is 28.2 Å². The van der Waals surface area contributed by atoms with Gasteiger partial charge in [0.2, 0.25) is 0 Å². The van der Waals surface area contributed by atoms with E-state index in [1.807, 2.05) is 0 Å². The third-order valence-electron chi connectivity index (χ3n) is 4.01. The fourth-order valence-corrected chi connectivity index (χ4v) is 13.9. The maximum Gasteiger partial charge on any atom is 0.321 e. The maximum absolute atomic E-state index is 8.73. The summed E-state index contributed by atoms with van der Waals surface area (Å²) in [6, 6.07) is 2.20. The van der Waals surface area contributed by atoms with Crippen LogP contribution < -0.4 is 0 Å². The van der Waals surface area contributed by atoms with Gasteiger partial charge in [-0.1, -0.05) is 19.1 Å². The highest BCUT2D eigenvalue weighted by atomic mass is 28.4. The Morgan fingerprint density at radius 2 is 1.19 bits per heavy atom. The Morgan fingerprint density at radius 3 is 1.69 bits per heavy atom. The predicted molar refractivity (Wildman–Crippen MR) is 114 cm³/mol. The number of ether oxygens (including phenoxy) is 2. The molecule has 0 amide bonds. The van der Waals surface area contributed by atoms with Gasteiger partial charge in [0.15, 0.2) is 8.32 Å². The van der Waals surface area contributed by atoms with Crippen molar-refractivity contribution in [3.63, 3.8) is 0 Å². The number of rotatable bonds is 17. The molecule has 0 saturated heterocycles. The van der Waals surface area contributed by atoms with Crippen molar-refractivity contribution >= 4 is 25.0 Å². The van der Waals surface area contributed by atoms with Crippen LogP contribution in [0.5, 0.6) is 0 Å². The van der Waals surface area contributed by atoms with Gasteiger partial charge in [-0.3, -0.25) is 0 Å². The summed E-state index contributed by atoms with van der Waals surface area (Å²) in [4.78, 5) is 0. The van der Waals surface area contributed by atoms with Crippen molar-refractivity contribution < 1.29 is 28.2 Å². The molecule has 26 heavy (non-hydrogen) atoms. The Morgan fingerprint density at radius 1 is 0.692 bits per heavy atom. The van der Waals surface area contributed by atoms with Crippen LogP contribution in [0.4, 0.5) is 0 Å². The lowest BCUT2D eigenvalue weighted by molar-refractivity contribution is 0.0923. The SMILES string of the molecule is C[Si](C)(CCCOCCO)CO[Si](C)(C)O[Si](C)(C)CCCOCCO. The molecule has 0 aromatic carbocycles. The highest BCUT2D eigenvalue weighted by Gasteiger charge is 2.36. The summed E-state index contributed by atoms with van der Waals surface area (Å²) in [5.74, 6) is 0. The normalized spacial score (nSPS) is 13.4. The number of aliphatic hydroxyl groups is 2. The zero-order valence-electron chi connectivity index (χ0n) is 17.8. The van der Waals surface area contributed by atoms with Crippen molar-refractivity contribution in [2.75, 3.05) is 45.9 Å². The van der Waals surface area contributed by atoms with E-state index >= 15 is 0 Å². The molecular formula is C17H42O6Si3. The molecule has 2 N–H and O–H groups in total. The number of hydrogen-bond donors (Lipinski definition) is 2.